The molecule has 2 rings (SSSR count). The molecule has 0 unspecified atom stereocenters. The highest BCUT2D eigenvalue weighted by Gasteiger charge is 2.20. The van der Waals surface area contributed by atoms with Crippen LogP contribution in [0.4, 0.5) is 0 Å². The predicted molar refractivity (Wildman–Crippen MR) is 69.8 cm³/mol. The highest BCUT2D eigenvalue weighted by molar-refractivity contribution is 5.62. The van der Waals surface area contributed by atoms with Gasteiger partial charge in [0, 0.05) is 12.1 Å². The summed E-state index contributed by atoms with van der Waals surface area (Å²) in [6, 6.07) is 8.43. The number of rotatable bonds is 2. The number of benzene rings is 1. The fourth-order valence-electron chi connectivity index (χ4n) is 2.03. The average Bonchev–Trinajstić information content (AvgIpc) is 2.75. The first-order chi connectivity index (χ1) is 8.04. The Morgan fingerprint density at radius 3 is 2.53 bits per heavy atom. The summed E-state index contributed by atoms with van der Waals surface area (Å²) in [4.78, 5) is 0. The van der Waals surface area contributed by atoms with E-state index in [0.29, 0.717) is 0 Å². The van der Waals surface area contributed by atoms with Gasteiger partial charge in [0.15, 0.2) is 5.82 Å². The van der Waals surface area contributed by atoms with Gasteiger partial charge < -0.3 is 4.57 Å². The van der Waals surface area contributed by atoms with Gasteiger partial charge in [-0.3, -0.25) is 0 Å². The van der Waals surface area contributed by atoms with Crippen LogP contribution in [0.15, 0.2) is 30.6 Å². The molecule has 1 heterocycles. The molecular formula is C14H19N3. The lowest BCUT2D eigenvalue weighted by atomic mass is 9.83. The van der Waals surface area contributed by atoms with Crippen LogP contribution >= 0.6 is 0 Å². The quantitative estimate of drug-likeness (QED) is 0.791. The van der Waals surface area contributed by atoms with Crippen molar-refractivity contribution in [1.29, 1.82) is 0 Å². The van der Waals surface area contributed by atoms with Gasteiger partial charge in [0.25, 0.3) is 0 Å². The van der Waals surface area contributed by atoms with Crippen molar-refractivity contribution in [3.05, 3.63) is 36.2 Å². The molecule has 1 aromatic carbocycles. The van der Waals surface area contributed by atoms with Crippen LogP contribution in [0, 0.1) is 0 Å². The van der Waals surface area contributed by atoms with E-state index in [1.165, 1.54) is 11.1 Å². The molecular weight excluding hydrogens is 210 g/mol. The fourth-order valence-corrected chi connectivity index (χ4v) is 2.03. The van der Waals surface area contributed by atoms with E-state index in [1.54, 1.807) is 6.33 Å². The third kappa shape index (κ3) is 2.23. The Morgan fingerprint density at radius 2 is 1.88 bits per heavy atom. The molecule has 0 spiro atoms. The number of hydrogen-bond acceptors (Lipinski definition) is 2. The van der Waals surface area contributed by atoms with E-state index < -0.39 is 0 Å². The van der Waals surface area contributed by atoms with Crippen molar-refractivity contribution in [3.63, 3.8) is 0 Å². The van der Waals surface area contributed by atoms with Crippen LogP contribution in [0.3, 0.4) is 0 Å². The molecule has 0 amide bonds. The molecule has 0 saturated carbocycles. The third-order valence-electron chi connectivity index (χ3n) is 2.93. The maximum Gasteiger partial charge on any atom is 0.164 e. The third-order valence-corrected chi connectivity index (χ3v) is 2.93. The van der Waals surface area contributed by atoms with Crippen LogP contribution in [-0.4, -0.2) is 14.8 Å². The molecule has 3 nitrogen and oxygen atoms in total. The molecule has 0 aliphatic rings. The molecule has 0 radical (unpaired) electrons. The lowest BCUT2D eigenvalue weighted by molar-refractivity contribution is 0.590. The van der Waals surface area contributed by atoms with E-state index >= 15 is 0 Å². The van der Waals surface area contributed by atoms with Crippen molar-refractivity contribution in [2.75, 3.05) is 0 Å². The molecule has 0 aliphatic carbocycles. The van der Waals surface area contributed by atoms with Gasteiger partial charge in [0.05, 0.1) is 0 Å². The summed E-state index contributed by atoms with van der Waals surface area (Å²) >= 11 is 0. The van der Waals surface area contributed by atoms with Gasteiger partial charge in [-0.1, -0.05) is 45.0 Å². The summed E-state index contributed by atoms with van der Waals surface area (Å²) in [7, 11) is 0. The fraction of sp³-hybridized carbons (Fsp3) is 0.429. The van der Waals surface area contributed by atoms with Gasteiger partial charge in [0.2, 0.25) is 0 Å². The van der Waals surface area contributed by atoms with Crippen molar-refractivity contribution in [2.24, 2.45) is 0 Å². The number of aromatic nitrogens is 3. The molecule has 0 bridgehead atoms. The highest BCUT2D eigenvalue weighted by Crippen LogP contribution is 2.31. The molecule has 3 heteroatoms. The molecule has 0 saturated heterocycles. The highest BCUT2D eigenvalue weighted by atomic mass is 15.3. The van der Waals surface area contributed by atoms with Gasteiger partial charge >= 0.3 is 0 Å². The number of nitrogens with zero attached hydrogens (tertiary/aromatic N) is 3. The van der Waals surface area contributed by atoms with Gasteiger partial charge in [-0.25, -0.2) is 0 Å². The largest absolute Gasteiger partial charge is 0.314 e. The smallest absolute Gasteiger partial charge is 0.164 e. The second-order valence-electron chi connectivity index (χ2n) is 5.24. The summed E-state index contributed by atoms with van der Waals surface area (Å²) in [6.45, 7) is 9.66. The zero-order valence-electron chi connectivity index (χ0n) is 10.9. The van der Waals surface area contributed by atoms with E-state index in [0.717, 1.165) is 12.4 Å². The van der Waals surface area contributed by atoms with Crippen LogP contribution < -0.4 is 0 Å². The minimum Gasteiger partial charge on any atom is -0.314 e. The number of aryl methyl sites for hydroxylation is 1. The van der Waals surface area contributed by atoms with Crippen molar-refractivity contribution >= 4 is 0 Å². The Morgan fingerprint density at radius 1 is 1.18 bits per heavy atom. The maximum absolute atomic E-state index is 4.24. The Kier molecular flexibility index (Phi) is 3.01. The van der Waals surface area contributed by atoms with Gasteiger partial charge in [-0.05, 0) is 17.9 Å². The van der Waals surface area contributed by atoms with Crippen molar-refractivity contribution < 1.29 is 0 Å². The molecule has 90 valence electrons. The Labute approximate surface area is 103 Å². The van der Waals surface area contributed by atoms with E-state index in [4.69, 9.17) is 0 Å². The van der Waals surface area contributed by atoms with Crippen molar-refractivity contribution in [2.45, 2.75) is 39.7 Å². The molecule has 0 fully saturated rings. The van der Waals surface area contributed by atoms with E-state index in [1.807, 2.05) is 0 Å². The molecule has 1 aromatic heterocycles. The Balaban J connectivity index is 2.60. The maximum atomic E-state index is 4.24. The molecule has 2 aromatic rings. The van der Waals surface area contributed by atoms with Crippen LogP contribution in [0.1, 0.15) is 33.3 Å². The van der Waals surface area contributed by atoms with E-state index in [2.05, 4.69) is 66.7 Å². The van der Waals surface area contributed by atoms with Crippen LogP contribution in [0.25, 0.3) is 11.4 Å². The van der Waals surface area contributed by atoms with Gasteiger partial charge in [-0.15, -0.1) is 10.2 Å². The van der Waals surface area contributed by atoms with Crippen molar-refractivity contribution in [3.8, 4) is 11.4 Å². The lowest BCUT2D eigenvalue weighted by Gasteiger charge is -2.22. The first kappa shape index (κ1) is 11.8. The second-order valence-corrected chi connectivity index (χ2v) is 5.24. The first-order valence-corrected chi connectivity index (χ1v) is 6.01. The SMILES string of the molecule is CCn1cnnc1-c1ccccc1C(C)(C)C. The van der Waals surface area contributed by atoms with Crippen molar-refractivity contribution in [1.82, 2.24) is 14.8 Å². The second kappa shape index (κ2) is 4.32. The zero-order valence-corrected chi connectivity index (χ0v) is 10.9. The van der Waals surface area contributed by atoms with Gasteiger partial charge in [0.1, 0.15) is 6.33 Å². The van der Waals surface area contributed by atoms with Gasteiger partial charge in [-0.2, -0.15) is 0 Å². The molecule has 17 heavy (non-hydrogen) atoms. The average molecular weight is 229 g/mol. The summed E-state index contributed by atoms with van der Waals surface area (Å²) in [6.07, 6.45) is 1.79. The minimum atomic E-state index is 0.112. The van der Waals surface area contributed by atoms with Crippen LogP contribution in [0.5, 0.6) is 0 Å². The standard InChI is InChI=1S/C14H19N3/c1-5-17-10-15-16-13(17)11-8-6-7-9-12(11)14(2,3)4/h6-10H,5H2,1-4H3. The van der Waals surface area contributed by atoms with Crippen LogP contribution in [0.2, 0.25) is 0 Å². The molecule has 0 N–H and O–H groups in total. The van der Waals surface area contributed by atoms with E-state index in [9.17, 15) is 0 Å². The Hall–Kier alpha value is -1.64. The monoisotopic (exact) mass is 229 g/mol. The van der Waals surface area contributed by atoms with E-state index in [-0.39, 0.29) is 5.41 Å². The number of hydrogen-bond donors (Lipinski definition) is 0. The Bertz CT molecular complexity index is 506. The predicted octanol–water partition coefficient (Wildman–Crippen LogP) is 3.26. The molecule has 0 atom stereocenters. The normalized spacial score (nSPS) is 11.8. The zero-order chi connectivity index (χ0) is 12.5. The summed E-state index contributed by atoms with van der Waals surface area (Å²) in [5, 5.41) is 8.25. The topological polar surface area (TPSA) is 30.7 Å². The summed E-state index contributed by atoms with van der Waals surface area (Å²) in [5.41, 5.74) is 2.60. The summed E-state index contributed by atoms with van der Waals surface area (Å²) in [5.74, 6) is 0.957. The molecule has 0 aliphatic heterocycles. The first-order valence-electron chi connectivity index (χ1n) is 6.01. The summed E-state index contributed by atoms with van der Waals surface area (Å²) < 4.78 is 2.07. The lowest BCUT2D eigenvalue weighted by Crippen LogP contribution is -2.13. The minimum absolute atomic E-state index is 0.112. The van der Waals surface area contributed by atoms with Crippen LogP contribution in [-0.2, 0) is 12.0 Å².